The number of halogens is 1. The van der Waals surface area contributed by atoms with Crippen LogP contribution in [0.2, 0.25) is 0 Å². The first-order chi connectivity index (χ1) is 14.3. The monoisotopic (exact) mass is 411 g/mol. The SMILES string of the molecule is Cc1ccccc1C1/C(=C(/O)c2ccc(F)cc2)C(=O)C(=O)N1CCCOC(C)C. The summed E-state index contributed by atoms with van der Waals surface area (Å²) in [5.41, 5.74) is 1.98. The molecule has 1 aliphatic rings. The lowest BCUT2D eigenvalue weighted by atomic mass is 9.92. The summed E-state index contributed by atoms with van der Waals surface area (Å²) >= 11 is 0. The van der Waals surface area contributed by atoms with E-state index in [0.29, 0.717) is 19.6 Å². The molecular weight excluding hydrogens is 385 g/mol. The number of ether oxygens (including phenoxy) is 1. The average molecular weight is 411 g/mol. The van der Waals surface area contributed by atoms with Gasteiger partial charge >= 0.3 is 0 Å². The van der Waals surface area contributed by atoms with Gasteiger partial charge in [-0.25, -0.2) is 4.39 Å². The van der Waals surface area contributed by atoms with Crippen molar-refractivity contribution in [3.8, 4) is 0 Å². The number of aliphatic hydroxyl groups excluding tert-OH is 1. The summed E-state index contributed by atoms with van der Waals surface area (Å²) in [6.45, 7) is 6.54. The van der Waals surface area contributed by atoms with Gasteiger partial charge in [0.2, 0.25) is 0 Å². The zero-order chi connectivity index (χ0) is 21.8. The lowest BCUT2D eigenvalue weighted by molar-refractivity contribution is -0.140. The van der Waals surface area contributed by atoms with Crippen LogP contribution in [-0.2, 0) is 14.3 Å². The lowest BCUT2D eigenvalue weighted by Crippen LogP contribution is -2.31. The van der Waals surface area contributed by atoms with E-state index in [4.69, 9.17) is 4.74 Å². The van der Waals surface area contributed by atoms with Crippen molar-refractivity contribution in [2.75, 3.05) is 13.2 Å². The number of nitrogens with zero attached hydrogens (tertiary/aromatic N) is 1. The van der Waals surface area contributed by atoms with E-state index < -0.39 is 23.5 Å². The molecule has 0 saturated carbocycles. The van der Waals surface area contributed by atoms with Crippen LogP contribution in [0.5, 0.6) is 0 Å². The summed E-state index contributed by atoms with van der Waals surface area (Å²) in [5, 5.41) is 10.9. The fraction of sp³-hybridized carbons (Fsp3) is 0.333. The van der Waals surface area contributed by atoms with Crippen LogP contribution in [0, 0.1) is 12.7 Å². The Morgan fingerprint density at radius 2 is 1.80 bits per heavy atom. The number of likely N-dealkylation sites (tertiary alicyclic amines) is 1. The molecule has 158 valence electrons. The van der Waals surface area contributed by atoms with Crippen LogP contribution < -0.4 is 0 Å². The van der Waals surface area contributed by atoms with Gasteiger partial charge in [-0.15, -0.1) is 0 Å². The van der Waals surface area contributed by atoms with Gasteiger partial charge in [-0.2, -0.15) is 0 Å². The molecule has 6 heteroatoms. The summed E-state index contributed by atoms with van der Waals surface area (Å²) < 4.78 is 18.9. The molecule has 1 N–H and O–H groups in total. The van der Waals surface area contributed by atoms with Gasteiger partial charge in [-0.3, -0.25) is 9.59 Å². The summed E-state index contributed by atoms with van der Waals surface area (Å²) in [5.74, 6) is -2.15. The minimum atomic E-state index is -0.741. The van der Waals surface area contributed by atoms with Gasteiger partial charge in [0.15, 0.2) is 0 Å². The number of aliphatic hydroxyl groups is 1. The Balaban J connectivity index is 2.04. The quantitative estimate of drug-likeness (QED) is 0.318. The van der Waals surface area contributed by atoms with Crippen LogP contribution in [-0.4, -0.2) is 41.0 Å². The number of rotatable bonds is 7. The predicted molar refractivity (Wildman–Crippen MR) is 112 cm³/mol. The number of ketones is 1. The van der Waals surface area contributed by atoms with E-state index in [1.807, 2.05) is 45.0 Å². The molecule has 0 aliphatic carbocycles. The van der Waals surface area contributed by atoms with Gasteiger partial charge in [0.05, 0.1) is 17.7 Å². The third kappa shape index (κ3) is 4.44. The molecule has 1 heterocycles. The molecule has 1 amide bonds. The number of carbonyl (C=O) groups excluding carboxylic acids is 2. The number of benzene rings is 2. The molecule has 2 aromatic rings. The number of Topliss-reactive ketones (excluding diaryl/α,β-unsaturated/α-hetero) is 1. The van der Waals surface area contributed by atoms with Crippen molar-refractivity contribution in [1.29, 1.82) is 0 Å². The van der Waals surface area contributed by atoms with Gasteiger partial charge in [-0.1, -0.05) is 24.3 Å². The maximum atomic E-state index is 13.3. The Morgan fingerprint density at radius 3 is 2.43 bits per heavy atom. The van der Waals surface area contributed by atoms with E-state index in [9.17, 15) is 19.1 Å². The van der Waals surface area contributed by atoms with Crippen molar-refractivity contribution in [3.63, 3.8) is 0 Å². The molecule has 1 fully saturated rings. The van der Waals surface area contributed by atoms with Gasteiger partial charge < -0.3 is 14.7 Å². The van der Waals surface area contributed by atoms with Crippen molar-refractivity contribution >= 4 is 17.4 Å². The second-order valence-corrected chi connectivity index (χ2v) is 7.63. The predicted octanol–water partition coefficient (Wildman–Crippen LogP) is 4.37. The Labute approximate surface area is 175 Å². The molecule has 2 aromatic carbocycles. The lowest BCUT2D eigenvalue weighted by Gasteiger charge is -2.26. The second-order valence-electron chi connectivity index (χ2n) is 7.63. The molecule has 3 rings (SSSR count). The van der Waals surface area contributed by atoms with Gasteiger partial charge in [0, 0.05) is 18.7 Å². The minimum absolute atomic E-state index is 0.0192. The minimum Gasteiger partial charge on any atom is -0.507 e. The van der Waals surface area contributed by atoms with E-state index in [1.165, 1.54) is 29.2 Å². The number of hydrogen-bond acceptors (Lipinski definition) is 4. The van der Waals surface area contributed by atoms with Crippen molar-refractivity contribution in [1.82, 2.24) is 4.90 Å². The van der Waals surface area contributed by atoms with Crippen LogP contribution in [0.25, 0.3) is 5.76 Å². The summed E-state index contributed by atoms with van der Waals surface area (Å²) in [7, 11) is 0. The molecule has 0 bridgehead atoms. The standard InChI is InChI=1S/C24H26FNO4/c1-15(2)30-14-6-13-26-21(19-8-5-4-7-16(19)3)20(23(28)24(26)29)22(27)17-9-11-18(25)12-10-17/h4-5,7-12,15,21,27H,6,13-14H2,1-3H3/b22-20-. The maximum absolute atomic E-state index is 13.3. The molecule has 0 spiro atoms. The molecule has 5 nitrogen and oxygen atoms in total. The molecule has 0 aromatic heterocycles. The van der Waals surface area contributed by atoms with Crippen LogP contribution in [0.3, 0.4) is 0 Å². The summed E-state index contributed by atoms with van der Waals surface area (Å²) in [6.07, 6.45) is 0.635. The van der Waals surface area contributed by atoms with Crippen molar-refractivity contribution < 1.29 is 23.8 Å². The topological polar surface area (TPSA) is 66.8 Å². The van der Waals surface area contributed by atoms with Crippen LogP contribution in [0.15, 0.2) is 54.1 Å². The fourth-order valence-corrected chi connectivity index (χ4v) is 3.64. The van der Waals surface area contributed by atoms with Crippen LogP contribution >= 0.6 is 0 Å². The van der Waals surface area contributed by atoms with E-state index >= 15 is 0 Å². The number of amides is 1. The summed E-state index contributed by atoms with van der Waals surface area (Å²) in [6, 6.07) is 11.9. The molecule has 1 saturated heterocycles. The van der Waals surface area contributed by atoms with Crippen LogP contribution in [0.1, 0.15) is 43.0 Å². The first kappa shape index (κ1) is 21.7. The van der Waals surface area contributed by atoms with Crippen molar-refractivity contribution in [2.24, 2.45) is 0 Å². The van der Waals surface area contributed by atoms with E-state index in [0.717, 1.165) is 11.1 Å². The van der Waals surface area contributed by atoms with Gasteiger partial charge in [0.25, 0.3) is 11.7 Å². The summed E-state index contributed by atoms with van der Waals surface area (Å²) in [4.78, 5) is 27.3. The molecule has 1 aliphatic heterocycles. The number of aryl methyl sites for hydroxylation is 1. The largest absolute Gasteiger partial charge is 0.507 e. The smallest absolute Gasteiger partial charge is 0.295 e. The Hall–Kier alpha value is -2.99. The molecular formula is C24H26FNO4. The van der Waals surface area contributed by atoms with Gasteiger partial charge in [0.1, 0.15) is 11.6 Å². The normalized spacial score (nSPS) is 18.4. The fourth-order valence-electron chi connectivity index (χ4n) is 3.64. The van der Waals surface area contributed by atoms with E-state index in [1.54, 1.807) is 0 Å². The zero-order valence-electron chi connectivity index (χ0n) is 17.4. The van der Waals surface area contributed by atoms with E-state index in [-0.39, 0.29) is 23.0 Å². The van der Waals surface area contributed by atoms with Crippen molar-refractivity contribution in [3.05, 3.63) is 76.6 Å². The average Bonchev–Trinajstić information content (AvgIpc) is 2.96. The van der Waals surface area contributed by atoms with Crippen LogP contribution in [0.4, 0.5) is 4.39 Å². The number of hydrogen-bond donors (Lipinski definition) is 1. The highest BCUT2D eigenvalue weighted by atomic mass is 19.1. The highest BCUT2D eigenvalue weighted by Crippen LogP contribution is 2.40. The Bertz CT molecular complexity index is 965. The highest BCUT2D eigenvalue weighted by Gasteiger charge is 2.46. The molecule has 30 heavy (non-hydrogen) atoms. The molecule has 1 unspecified atom stereocenters. The van der Waals surface area contributed by atoms with E-state index in [2.05, 4.69) is 0 Å². The third-order valence-corrected chi connectivity index (χ3v) is 5.14. The highest BCUT2D eigenvalue weighted by molar-refractivity contribution is 6.46. The Kier molecular flexibility index (Phi) is 6.67. The van der Waals surface area contributed by atoms with Gasteiger partial charge in [-0.05, 0) is 62.6 Å². The first-order valence-corrected chi connectivity index (χ1v) is 10.0. The Morgan fingerprint density at radius 1 is 1.13 bits per heavy atom. The van der Waals surface area contributed by atoms with Crippen molar-refractivity contribution in [2.45, 2.75) is 39.3 Å². The first-order valence-electron chi connectivity index (χ1n) is 10.0. The maximum Gasteiger partial charge on any atom is 0.295 e. The molecule has 1 atom stereocenters. The third-order valence-electron chi connectivity index (χ3n) is 5.14. The number of carbonyl (C=O) groups is 2. The second kappa shape index (κ2) is 9.22. The zero-order valence-corrected chi connectivity index (χ0v) is 17.4. The molecule has 0 radical (unpaired) electrons.